The minimum atomic E-state index is 0.682. The standard InChI is InChI=1S/C10H8N4S2/c1-2-6(1)9-13-14-8(7-3-4-15-5-7)11-12-10(14)16-9/h3-6H,1-2H2. The molecule has 0 aromatic carbocycles. The monoisotopic (exact) mass is 248 g/mol. The van der Waals surface area contributed by atoms with Crippen molar-refractivity contribution < 1.29 is 0 Å². The van der Waals surface area contributed by atoms with Crippen molar-refractivity contribution >= 4 is 27.6 Å². The van der Waals surface area contributed by atoms with Crippen molar-refractivity contribution in [1.82, 2.24) is 19.8 Å². The molecule has 0 spiro atoms. The number of thiophene rings is 1. The third kappa shape index (κ3) is 1.23. The molecule has 3 heterocycles. The van der Waals surface area contributed by atoms with Gasteiger partial charge in [-0.05, 0) is 24.3 Å². The highest BCUT2D eigenvalue weighted by Gasteiger charge is 2.28. The molecule has 0 aliphatic heterocycles. The molecule has 80 valence electrons. The van der Waals surface area contributed by atoms with E-state index in [-0.39, 0.29) is 0 Å². The fraction of sp³-hybridized carbons (Fsp3) is 0.300. The molecule has 0 amide bonds. The summed E-state index contributed by atoms with van der Waals surface area (Å²) in [7, 11) is 0. The topological polar surface area (TPSA) is 43.1 Å². The molecule has 0 atom stereocenters. The molecule has 0 radical (unpaired) electrons. The number of hydrogen-bond donors (Lipinski definition) is 0. The molecule has 3 aromatic rings. The molecule has 0 saturated heterocycles. The van der Waals surface area contributed by atoms with Crippen LogP contribution in [0.15, 0.2) is 16.8 Å². The Balaban J connectivity index is 1.92. The molecule has 1 fully saturated rings. The number of fused-ring (bicyclic) bond motifs is 1. The number of nitrogens with zero attached hydrogens (tertiary/aromatic N) is 4. The first kappa shape index (κ1) is 8.83. The van der Waals surface area contributed by atoms with Crippen molar-refractivity contribution in [3.63, 3.8) is 0 Å². The van der Waals surface area contributed by atoms with Crippen LogP contribution in [0.25, 0.3) is 16.3 Å². The van der Waals surface area contributed by atoms with E-state index in [9.17, 15) is 0 Å². The fourth-order valence-corrected chi connectivity index (χ4v) is 3.34. The average molecular weight is 248 g/mol. The Bertz CT molecular complexity index is 633. The van der Waals surface area contributed by atoms with Gasteiger partial charge in [0, 0.05) is 16.9 Å². The van der Waals surface area contributed by atoms with Gasteiger partial charge in [-0.2, -0.15) is 21.0 Å². The second-order valence-electron chi connectivity index (χ2n) is 3.94. The van der Waals surface area contributed by atoms with E-state index in [0.29, 0.717) is 5.92 Å². The molecule has 1 aliphatic carbocycles. The summed E-state index contributed by atoms with van der Waals surface area (Å²) in [6.45, 7) is 0. The van der Waals surface area contributed by atoms with Crippen LogP contribution in [0, 0.1) is 0 Å². The van der Waals surface area contributed by atoms with Gasteiger partial charge in [-0.15, -0.1) is 10.2 Å². The molecular weight excluding hydrogens is 240 g/mol. The summed E-state index contributed by atoms with van der Waals surface area (Å²) in [5, 5.41) is 18.3. The van der Waals surface area contributed by atoms with Crippen LogP contribution in [0.5, 0.6) is 0 Å². The van der Waals surface area contributed by atoms with Gasteiger partial charge in [0.15, 0.2) is 5.82 Å². The minimum absolute atomic E-state index is 0.682. The van der Waals surface area contributed by atoms with Gasteiger partial charge in [-0.3, -0.25) is 0 Å². The maximum absolute atomic E-state index is 4.61. The third-order valence-corrected chi connectivity index (χ3v) is 4.46. The van der Waals surface area contributed by atoms with Crippen molar-refractivity contribution in [2.75, 3.05) is 0 Å². The van der Waals surface area contributed by atoms with Gasteiger partial charge in [0.25, 0.3) is 0 Å². The number of rotatable bonds is 2. The Hall–Kier alpha value is -1.27. The van der Waals surface area contributed by atoms with Gasteiger partial charge in [0.1, 0.15) is 5.01 Å². The Kier molecular flexibility index (Phi) is 1.72. The highest BCUT2D eigenvalue weighted by atomic mass is 32.1. The maximum atomic E-state index is 4.61. The quantitative estimate of drug-likeness (QED) is 0.700. The zero-order valence-corrected chi connectivity index (χ0v) is 9.96. The number of aromatic nitrogens is 4. The molecule has 0 N–H and O–H groups in total. The molecule has 0 bridgehead atoms. The molecule has 1 saturated carbocycles. The predicted molar refractivity (Wildman–Crippen MR) is 63.9 cm³/mol. The van der Waals surface area contributed by atoms with E-state index in [2.05, 4.69) is 26.7 Å². The lowest BCUT2D eigenvalue weighted by Gasteiger charge is -1.90. The van der Waals surface area contributed by atoms with Crippen molar-refractivity contribution in [3.05, 3.63) is 21.8 Å². The smallest absolute Gasteiger partial charge is 0.183 e. The lowest BCUT2D eigenvalue weighted by atomic mass is 10.3. The molecule has 4 nitrogen and oxygen atoms in total. The first-order valence-corrected chi connectivity index (χ1v) is 6.92. The fourth-order valence-electron chi connectivity index (χ4n) is 1.70. The van der Waals surface area contributed by atoms with Crippen LogP contribution in [0.1, 0.15) is 23.8 Å². The molecule has 1 aliphatic rings. The summed E-state index contributed by atoms with van der Waals surface area (Å²) in [5.41, 5.74) is 1.10. The summed E-state index contributed by atoms with van der Waals surface area (Å²) in [4.78, 5) is 0.906. The van der Waals surface area contributed by atoms with Gasteiger partial charge in [-0.1, -0.05) is 11.3 Å². The first-order valence-electron chi connectivity index (χ1n) is 5.16. The van der Waals surface area contributed by atoms with Crippen LogP contribution in [-0.2, 0) is 0 Å². The predicted octanol–water partition coefficient (Wildman–Crippen LogP) is 2.79. The molecule has 6 heteroatoms. The van der Waals surface area contributed by atoms with Crippen LogP contribution < -0.4 is 0 Å². The highest BCUT2D eigenvalue weighted by Crippen LogP contribution is 2.42. The lowest BCUT2D eigenvalue weighted by Crippen LogP contribution is -1.90. The SMILES string of the molecule is c1cc(-c2nnc3sc(C4CC4)nn23)cs1. The summed E-state index contributed by atoms with van der Waals surface area (Å²) in [6.07, 6.45) is 2.55. The molecule has 0 unspecified atom stereocenters. The first-order chi connectivity index (χ1) is 7.92. The molecule has 16 heavy (non-hydrogen) atoms. The second kappa shape index (κ2) is 3.11. The van der Waals surface area contributed by atoms with Gasteiger partial charge in [0.05, 0.1) is 0 Å². The Morgan fingerprint density at radius 2 is 2.25 bits per heavy atom. The normalized spacial score (nSPS) is 16.0. The molecule has 3 aromatic heterocycles. The van der Waals surface area contributed by atoms with Crippen LogP contribution in [-0.4, -0.2) is 19.8 Å². The Morgan fingerprint density at radius 1 is 1.31 bits per heavy atom. The summed E-state index contributed by atoms with van der Waals surface area (Å²) in [6, 6.07) is 2.05. The zero-order valence-electron chi connectivity index (χ0n) is 8.33. The average Bonchev–Trinajstić information content (AvgIpc) is 2.76. The zero-order chi connectivity index (χ0) is 10.5. The Labute approximate surface area is 99.6 Å². The van der Waals surface area contributed by atoms with Crippen LogP contribution >= 0.6 is 22.7 Å². The van der Waals surface area contributed by atoms with E-state index in [0.717, 1.165) is 16.3 Å². The Morgan fingerprint density at radius 3 is 3.00 bits per heavy atom. The maximum Gasteiger partial charge on any atom is 0.234 e. The van der Waals surface area contributed by atoms with Crippen molar-refractivity contribution in [2.45, 2.75) is 18.8 Å². The van der Waals surface area contributed by atoms with E-state index >= 15 is 0 Å². The van der Waals surface area contributed by atoms with E-state index in [1.165, 1.54) is 17.8 Å². The number of hydrogen-bond acceptors (Lipinski definition) is 5. The second-order valence-corrected chi connectivity index (χ2v) is 5.71. The van der Waals surface area contributed by atoms with E-state index in [1.807, 2.05) is 9.90 Å². The van der Waals surface area contributed by atoms with E-state index in [4.69, 9.17) is 0 Å². The highest BCUT2D eigenvalue weighted by molar-refractivity contribution is 7.16. The summed E-state index contributed by atoms with van der Waals surface area (Å²) < 4.78 is 1.88. The van der Waals surface area contributed by atoms with Gasteiger partial charge < -0.3 is 0 Å². The largest absolute Gasteiger partial charge is 0.234 e. The summed E-state index contributed by atoms with van der Waals surface area (Å²) in [5.74, 6) is 1.54. The molecular formula is C10H8N4S2. The van der Waals surface area contributed by atoms with Crippen molar-refractivity contribution in [2.24, 2.45) is 0 Å². The van der Waals surface area contributed by atoms with Crippen LogP contribution in [0.2, 0.25) is 0 Å². The minimum Gasteiger partial charge on any atom is -0.183 e. The van der Waals surface area contributed by atoms with E-state index in [1.54, 1.807) is 22.7 Å². The van der Waals surface area contributed by atoms with Crippen LogP contribution in [0.4, 0.5) is 0 Å². The molecule has 4 rings (SSSR count). The third-order valence-electron chi connectivity index (χ3n) is 2.71. The van der Waals surface area contributed by atoms with E-state index < -0.39 is 0 Å². The van der Waals surface area contributed by atoms with Gasteiger partial charge in [-0.25, -0.2) is 0 Å². The van der Waals surface area contributed by atoms with Gasteiger partial charge >= 0.3 is 0 Å². The van der Waals surface area contributed by atoms with Crippen molar-refractivity contribution in [3.8, 4) is 11.4 Å². The van der Waals surface area contributed by atoms with Crippen molar-refractivity contribution in [1.29, 1.82) is 0 Å². The summed E-state index contributed by atoms with van der Waals surface area (Å²) >= 11 is 3.33. The lowest BCUT2D eigenvalue weighted by molar-refractivity contribution is 0.902. The van der Waals surface area contributed by atoms with Crippen LogP contribution in [0.3, 0.4) is 0 Å². The van der Waals surface area contributed by atoms with Gasteiger partial charge in [0.2, 0.25) is 4.96 Å².